The molecule has 1 aliphatic carbocycles. The van der Waals surface area contributed by atoms with Crippen molar-refractivity contribution in [2.24, 2.45) is 11.8 Å². The summed E-state index contributed by atoms with van der Waals surface area (Å²) in [6.45, 7) is 4.02. The molecule has 7 nitrogen and oxygen atoms in total. The van der Waals surface area contributed by atoms with Gasteiger partial charge in [0.15, 0.2) is 0 Å². The molecule has 1 heterocycles. The van der Waals surface area contributed by atoms with Crippen molar-refractivity contribution in [3.63, 3.8) is 0 Å². The van der Waals surface area contributed by atoms with Crippen LogP contribution in [0.15, 0.2) is 0 Å². The molecular formula is C19H32N2O5. The van der Waals surface area contributed by atoms with Crippen LogP contribution in [0.5, 0.6) is 0 Å². The van der Waals surface area contributed by atoms with Gasteiger partial charge in [-0.1, -0.05) is 19.3 Å². The van der Waals surface area contributed by atoms with E-state index in [2.05, 4.69) is 5.32 Å². The van der Waals surface area contributed by atoms with Crippen LogP contribution in [0.3, 0.4) is 0 Å². The first-order valence-electron chi connectivity index (χ1n) is 9.80. The molecule has 2 N–H and O–H groups in total. The van der Waals surface area contributed by atoms with Gasteiger partial charge < -0.3 is 24.9 Å². The fraction of sp³-hybridized carbons (Fsp3) is 0.842. The van der Waals surface area contributed by atoms with Crippen molar-refractivity contribution in [3.8, 4) is 0 Å². The highest BCUT2D eigenvalue weighted by atomic mass is 16.6. The quantitative estimate of drug-likeness (QED) is 0.669. The third-order valence-electron chi connectivity index (χ3n) is 5.41. The molecule has 2 amide bonds. The first kappa shape index (κ1) is 20.7. The van der Waals surface area contributed by atoms with Crippen molar-refractivity contribution < 1.29 is 24.2 Å². The fourth-order valence-electron chi connectivity index (χ4n) is 4.13. The molecule has 2 rings (SSSR count). The number of likely N-dealkylation sites (tertiary alicyclic amines) is 1. The molecule has 1 saturated carbocycles. The van der Waals surface area contributed by atoms with Gasteiger partial charge in [-0.25, -0.2) is 4.79 Å². The molecule has 3 atom stereocenters. The second-order valence-corrected chi connectivity index (χ2v) is 7.78. The Hall–Kier alpha value is -1.63. The van der Waals surface area contributed by atoms with Crippen molar-refractivity contribution in [2.45, 2.75) is 77.0 Å². The van der Waals surface area contributed by atoms with E-state index >= 15 is 0 Å². The SMILES string of the molecule is CC(C)OC(=O)NC(C(=O)N1C[C@H](CCO)CC1C=O)C1CCCCC1. The summed E-state index contributed by atoms with van der Waals surface area (Å²) in [5.41, 5.74) is 0. The monoisotopic (exact) mass is 368 g/mol. The Labute approximate surface area is 155 Å². The number of aliphatic hydroxyl groups excluding tert-OH is 1. The van der Waals surface area contributed by atoms with Crippen LogP contribution in [-0.2, 0) is 14.3 Å². The summed E-state index contributed by atoms with van der Waals surface area (Å²) in [5.74, 6) is -0.0101. The zero-order valence-electron chi connectivity index (χ0n) is 15.9. The zero-order valence-corrected chi connectivity index (χ0v) is 15.9. The minimum absolute atomic E-state index is 0.0449. The van der Waals surface area contributed by atoms with E-state index in [0.717, 1.165) is 38.4 Å². The van der Waals surface area contributed by atoms with Gasteiger partial charge in [0.25, 0.3) is 0 Å². The number of hydrogen-bond donors (Lipinski definition) is 2. The molecule has 26 heavy (non-hydrogen) atoms. The molecular weight excluding hydrogens is 336 g/mol. The average Bonchev–Trinajstić information content (AvgIpc) is 3.02. The molecule has 2 fully saturated rings. The highest BCUT2D eigenvalue weighted by molar-refractivity contribution is 5.88. The first-order chi connectivity index (χ1) is 12.5. The number of aldehydes is 1. The van der Waals surface area contributed by atoms with E-state index < -0.39 is 18.2 Å². The number of nitrogens with one attached hydrogen (secondary N) is 1. The van der Waals surface area contributed by atoms with Crippen molar-refractivity contribution >= 4 is 18.3 Å². The lowest BCUT2D eigenvalue weighted by atomic mass is 9.83. The third kappa shape index (κ3) is 5.43. The lowest BCUT2D eigenvalue weighted by Crippen LogP contribution is -2.54. The predicted octanol–water partition coefficient (Wildman–Crippen LogP) is 1.87. The molecule has 0 bridgehead atoms. The minimum atomic E-state index is -0.656. The van der Waals surface area contributed by atoms with E-state index in [4.69, 9.17) is 9.84 Å². The van der Waals surface area contributed by atoms with Gasteiger partial charge in [0.05, 0.1) is 12.1 Å². The Balaban J connectivity index is 2.12. The third-order valence-corrected chi connectivity index (χ3v) is 5.41. The summed E-state index contributed by atoms with van der Waals surface area (Å²) in [7, 11) is 0. The van der Waals surface area contributed by atoms with E-state index in [1.54, 1.807) is 18.7 Å². The Bertz CT molecular complexity index is 490. The van der Waals surface area contributed by atoms with E-state index in [1.807, 2.05) is 0 Å². The smallest absolute Gasteiger partial charge is 0.408 e. The van der Waals surface area contributed by atoms with Gasteiger partial charge in [0, 0.05) is 13.2 Å². The van der Waals surface area contributed by atoms with E-state index in [9.17, 15) is 14.4 Å². The van der Waals surface area contributed by atoms with E-state index in [-0.39, 0.29) is 30.5 Å². The Morgan fingerprint density at radius 1 is 1.27 bits per heavy atom. The van der Waals surface area contributed by atoms with Gasteiger partial charge in [0.1, 0.15) is 12.3 Å². The summed E-state index contributed by atoms with van der Waals surface area (Å²) >= 11 is 0. The summed E-state index contributed by atoms with van der Waals surface area (Å²) in [5, 5.41) is 11.9. The zero-order chi connectivity index (χ0) is 19.1. The number of nitrogens with zero attached hydrogens (tertiary/aromatic N) is 1. The minimum Gasteiger partial charge on any atom is -0.447 e. The first-order valence-corrected chi connectivity index (χ1v) is 9.80. The number of hydrogen-bond acceptors (Lipinski definition) is 5. The normalized spacial score (nSPS) is 25.2. The van der Waals surface area contributed by atoms with Crippen molar-refractivity contribution in [3.05, 3.63) is 0 Å². The molecule has 0 aromatic heterocycles. The van der Waals surface area contributed by atoms with Crippen molar-refractivity contribution in [1.29, 1.82) is 0 Å². The van der Waals surface area contributed by atoms with Gasteiger partial charge in [-0.3, -0.25) is 4.79 Å². The molecule has 0 radical (unpaired) electrons. The molecule has 7 heteroatoms. The average molecular weight is 368 g/mol. The van der Waals surface area contributed by atoms with Crippen molar-refractivity contribution in [1.82, 2.24) is 10.2 Å². The van der Waals surface area contributed by atoms with E-state index in [1.165, 1.54) is 0 Å². The second-order valence-electron chi connectivity index (χ2n) is 7.78. The number of carbonyl (C=O) groups is 3. The van der Waals surface area contributed by atoms with Gasteiger partial charge in [-0.2, -0.15) is 0 Å². The Morgan fingerprint density at radius 3 is 2.54 bits per heavy atom. The van der Waals surface area contributed by atoms with Crippen LogP contribution < -0.4 is 5.32 Å². The largest absolute Gasteiger partial charge is 0.447 e. The molecule has 2 unspecified atom stereocenters. The molecule has 2 aliphatic rings. The van der Waals surface area contributed by atoms with Gasteiger partial charge >= 0.3 is 6.09 Å². The van der Waals surface area contributed by atoms with Crippen LogP contribution in [0.1, 0.15) is 58.8 Å². The van der Waals surface area contributed by atoms with E-state index in [0.29, 0.717) is 19.4 Å². The lowest BCUT2D eigenvalue weighted by Gasteiger charge is -2.33. The Kier molecular flexibility index (Phi) is 7.87. The van der Waals surface area contributed by atoms with Crippen LogP contribution in [-0.4, -0.2) is 59.6 Å². The van der Waals surface area contributed by atoms with Crippen LogP contribution in [0.2, 0.25) is 0 Å². The summed E-state index contributed by atoms with van der Waals surface area (Å²) in [6.07, 6.45) is 6.11. The number of carbonyl (C=O) groups excluding carboxylic acids is 3. The molecule has 0 aromatic carbocycles. The highest BCUT2D eigenvalue weighted by Gasteiger charge is 2.41. The van der Waals surface area contributed by atoms with Crippen molar-refractivity contribution in [2.75, 3.05) is 13.2 Å². The number of alkyl carbamates (subject to hydrolysis) is 1. The van der Waals surface area contributed by atoms with Crippen LogP contribution in [0.4, 0.5) is 4.79 Å². The molecule has 0 spiro atoms. The highest BCUT2D eigenvalue weighted by Crippen LogP contribution is 2.31. The summed E-state index contributed by atoms with van der Waals surface area (Å²) in [4.78, 5) is 38.4. The molecule has 1 saturated heterocycles. The van der Waals surface area contributed by atoms with Crippen LogP contribution in [0.25, 0.3) is 0 Å². The fourth-order valence-corrected chi connectivity index (χ4v) is 4.13. The lowest BCUT2D eigenvalue weighted by molar-refractivity contribution is -0.138. The summed E-state index contributed by atoms with van der Waals surface area (Å²) < 4.78 is 5.17. The maximum atomic E-state index is 13.2. The maximum Gasteiger partial charge on any atom is 0.408 e. The maximum absolute atomic E-state index is 13.2. The number of ether oxygens (including phenoxy) is 1. The molecule has 0 aromatic rings. The topological polar surface area (TPSA) is 95.9 Å². The van der Waals surface area contributed by atoms with Gasteiger partial charge in [-0.15, -0.1) is 0 Å². The second kappa shape index (κ2) is 9.90. The number of aliphatic hydroxyl groups is 1. The molecule has 1 aliphatic heterocycles. The summed E-state index contributed by atoms with van der Waals surface area (Å²) in [6, 6.07) is -1.13. The number of rotatable bonds is 7. The predicted molar refractivity (Wildman–Crippen MR) is 96.5 cm³/mol. The van der Waals surface area contributed by atoms with Gasteiger partial charge in [-0.05, 0) is 51.4 Å². The molecule has 148 valence electrons. The number of amides is 2. The standard InChI is InChI=1S/C19H32N2O5/c1-13(2)26-19(25)20-17(15-6-4-3-5-7-15)18(24)21-11-14(8-9-22)10-16(21)12-23/h12-17,22H,3-11H2,1-2H3,(H,20,25)/t14-,16?,17?/m1/s1. The van der Waals surface area contributed by atoms with Crippen LogP contribution in [0, 0.1) is 11.8 Å². The Morgan fingerprint density at radius 2 is 1.96 bits per heavy atom. The van der Waals surface area contributed by atoms with Crippen LogP contribution >= 0.6 is 0 Å². The van der Waals surface area contributed by atoms with Gasteiger partial charge in [0.2, 0.25) is 5.91 Å².